The van der Waals surface area contributed by atoms with Crippen molar-refractivity contribution in [2.24, 2.45) is 0 Å². The van der Waals surface area contributed by atoms with Gasteiger partial charge in [-0.25, -0.2) is 0 Å². The van der Waals surface area contributed by atoms with Gasteiger partial charge in [-0.2, -0.15) is 0 Å². The Balaban J connectivity index is 0.000000200. The third kappa shape index (κ3) is 7.13. The van der Waals surface area contributed by atoms with Crippen LogP contribution in [0.2, 0.25) is 0 Å². The van der Waals surface area contributed by atoms with E-state index in [2.05, 4.69) is 34.5 Å². The predicted octanol–water partition coefficient (Wildman–Crippen LogP) is 3.35. The van der Waals surface area contributed by atoms with Gasteiger partial charge in [-0.1, -0.05) is 19.1 Å². The third-order valence-corrected chi connectivity index (χ3v) is 12.3. The Kier molecular flexibility index (Phi) is 11.2. The minimum atomic E-state index is -1.04. The Labute approximate surface area is 252 Å². The Morgan fingerprint density at radius 1 is 0.895 bits per heavy atom. The Bertz CT molecular complexity index is 1130. The van der Waals surface area contributed by atoms with Gasteiger partial charge >= 0.3 is 136 Å². The largest absolute Gasteiger partial charge is 0.383 e. The van der Waals surface area contributed by atoms with E-state index in [1.165, 1.54) is 22.2 Å². The fourth-order valence-corrected chi connectivity index (χ4v) is 7.86. The second-order valence-electron chi connectivity index (χ2n) is 10.2. The Morgan fingerprint density at radius 2 is 1.47 bits per heavy atom. The molecule has 0 amide bonds. The van der Waals surface area contributed by atoms with E-state index in [0.717, 1.165) is 4.47 Å². The number of hydrogen-bond donors (Lipinski definition) is 2. The van der Waals surface area contributed by atoms with Crippen molar-refractivity contribution < 1.29 is 29.2 Å². The standard InChI is InChI=1S/C16H19ClO3Se.C10H16O3.S4/c1-4-16(18)13-12(19-15(2,3)20-13)11(17)14(16)21-10-8-6-5-7-9-10;1-4-10(11)6-5-7-8(10)13-9(2,3)12-7;1-3-4-2/h5-9,12-13,18H,4H2,1-3H3;5-8,11H,4H2,1-3H3;/t12-,13-,16+;7-,8-,10-;/m00./s1. The molecule has 2 N–H and O–H groups in total. The van der Waals surface area contributed by atoms with Crippen LogP contribution in [0, 0.1) is 0 Å². The molecule has 0 aromatic heterocycles. The summed E-state index contributed by atoms with van der Waals surface area (Å²) in [5.74, 6) is -1.27. The van der Waals surface area contributed by atoms with Gasteiger partial charge in [0.15, 0.2) is 5.79 Å². The van der Waals surface area contributed by atoms with E-state index in [9.17, 15) is 10.2 Å². The molecule has 4 aliphatic rings. The van der Waals surface area contributed by atoms with Gasteiger partial charge in [0.05, 0.1) is 0 Å². The maximum Gasteiger partial charge on any atom is 0.164 e. The monoisotopic (exact) mass is 686 g/mol. The van der Waals surface area contributed by atoms with E-state index < -0.39 is 28.9 Å². The second-order valence-corrected chi connectivity index (χ2v) is 16.4. The molecular formula is C26H35ClO6S4Se. The summed E-state index contributed by atoms with van der Waals surface area (Å²) in [5.41, 5.74) is -1.87. The minimum absolute atomic E-state index is 0.0374. The molecule has 0 saturated carbocycles. The van der Waals surface area contributed by atoms with Crippen LogP contribution in [0.25, 0.3) is 0 Å². The summed E-state index contributed by atoms with van der Waals surface area (Å²) in [6.07, 6.45) is 3.82. The first-order valence-electron chi connectivity index (χ1n) is 12.3. The van der Waals surface area contributed by atoms with Crippen molar-refractivity contribution >= 4 is 71.2 Å². The number of hydrogen-bond acceptors (Lipinski definition) is 8. The molecule has 1 aromatic carbocycles. The van der Waals surface area contributed by atoms with Crippen molar-refractivity contribution in [1.29, 1.82) is 0 Å². The summed E-state index contributed by atoms with van der Waals surface area (Å²) < 4.78 is 25.1. The van der Waals surface area contributed by atoms with Gasteiger partial charge in [0.25, 0.3) is 0 Å². The average molecular weight is 686 g/mol. The van der Waals surface area contributed by atoms with E-state index in [1.807, 2.05) is 65.8 Å². The first kappa shape index (κ1) is 32.7. The Hall–Kier alpha value is 0.149. The van der Waals surface area contributed by atoms with Crippen LogP contribution in [0.5, 0.6) is 0 Å². The molecule has 0 bridgehead atoms. The number of benzene rings is 1. The topological polar surface area (TPSA) is 77.4 Å². The van der Waals surface area contributed by atoms with Gasteiger partial charge in [-0.05, 0) is 20.3 Å². The zero-order valence-electron chi connectivity index (χ0n) is 22.2. The quantitative estimate of drug-likeness (QED) is 0.370. The number of rotatable bonds is 4. The molecule has 0 radical (unpaired) electrons. The predicted molar refractivity (Wildman–Crippen MR) is 161 cm³/mol. The molecule has 2 saturated heterocycles. The van der Waals surface area contributed by atoms with Crippen molar-refractivity contribution in [1.82, 2.24) is 0 Å². The number of halogens is 1. The zero-order chi connectivity index (χ0) is 28.4. The van der Waals surface area contributed by atoms with Gasteiger partial charge < -0.3 is 14.6 Å². The number of ether oxygens (including phenoxy) is 4. The molecular weight excluding hydrogens is 651 g/mol. The van der Waals surface area contributed by atoms with Crippen LogP contribution in [0.3, 0.4) is 0 Å². The van der Waals surface area contributed by atoms with Crippen molar-refractivity contribution in [2.75, 3.05) is 0 Å². The molecule has 2 fully saturated rings. The van der Waals surface area contributed by atoms with E-state index in [4.69, 9.17) is 30.5 Å². The van der Waals surface area contributed by atoms with Crippen molar-refractivity contribution in [3.05, 3.63) is 52.0 Å². The van der Waals surface area contributed by atoms with Crippen LogP contribution in [0.15, 0.2) is 52.0 Å². The molecule has 6 atom stereocenters. The molecule has 0 spiro atoms. The van der Waals surface area contributed by atoms with Crippen LogP contribution in [0.4, 0.5) is 0 Å². The van der Waals surface area contributed by atoms with Crippen LogP contribution in [-0.4, -0.2) is 72.4 Å². The molecule has 0 unspecified atom stereocenters. The molecule has 38 heavy (non-hydrogen) atoms. The van der Waals surface area contributed by atoms with Gasteiger partial charge in [0.2, 0.25) is 0 Å². The molecule has 2 aliphatic heterocycles. The van der Waals surface area contributed by atoms with Crippen LogP contribution in [0.1, 0.15) is 54.4 Å². The number of fused-ring (bicyclic) bond motifs is 2. The SMILES string of the molecule is CC[C@]1(O)C([Se]c2ccccc2)=C(Cl)[C@@H]2OC(C)(C)O[C@@H]21.CC[C@]1(O)C=C[C@@H]2OC(C)(C)O[C@@H]21.S=S=S=S. The molecule has 2 heterocycles. The smallest absolute Gasteiger partial charge is 0.164 e. The fraction of sp³-hybridized carbons (Fsp3) is 0.615. The molecule has 2 aliphatic carbocycles. The second kappa shape index (κ2) is 13.0. The van der Waals surface area contributed by atoms with Gasteiger partial charge in [-0.3, -0.25) is 0 Å². The van der Waals surface area contributed by atoms with Crippen LogP contribution >= 0.6 is 11.6 Å². The summed E-state index contributed by atoms with van der Waals surface area (Å²) in [4.78, 5) is 0. The van der Waals surface area contributed by atoms with Crippen LogP contribution < -0.4 is 4.46 Å². The maximum absolute atomic E-state index is 11.2. The van der Waals surface area contributed by atoms with Gasteiger partial charge in [0, 0.05) is 40.1 Å². The van der Waals surface area contributed by atoms with E-state index in [0.29, 0.717) is 17.9 Å². The summed E-state index contributed by atoms with van der Waals surface area (Å²) in [5, 5.41) is 21.9. The van der Waals surface area contributed by atoms with Gasteiger partial charge in [-0.15, -0.1) is 0 Å². The normalized spacial score (nSPS) is 35.5. The first-order chi connectivity index (χ1) is 17.8. The fourth-order valence-electron chi connectivity index (χ4n) is 4.86. The van der Waals surface area contributed by atoms with E-state index in [1.54, 1.807) is 6.08 Å². The molecule has 6 nitrogen and oxygen atoms in total. The summed E-state index contributed by atoms with van der Waals surface area (Å²) in [6.45, 7) is 11.4. The molecule has 1 aromatic rings. The summed E-state index contributed by atoms with van der Waals surface area (Å²) >= 11 is 15.2. The molecule has 5 rings (SSSR count). The number of aliphatic hydroxyl groups is 2. The average Bonchev–Trinajstić information content (AvgIpc) is 3.54. The van der Waals surface area contributed by atoms with E-state index >= 15 is 0 Å². The minimum Gasteiger partial charge on any atom is -0.383 e. The van der Waals surface area contributed by atoms with Crippen molar-refractivity contribution in [2.45, 2.75) is 102 Å². The first-order valence-corrected chi connectivity index (χ1v) is 18.4. The van der Waals surface area contributed by atoms with Crippen LogP contribution in [-0.2, 0) is 59.1 Å². The van der Waals surface area contributed by atoms with Gasteiger partial charge in [0.1, 0.15) is 17.8 Å². The third-order valence-electron chi connectivity index (χ3n) is 6.72. The maximum atomic E-state index is 11.2. The molecule has 212 valence electrons. The Morgan fingerprint density at radius 3 is 2.03 bits per heavy atom. The summed E-state index contributed by atoms with van der Waals surface area (Å²) in [7, 11) is 2.34. The molecule has 12 heteroatoms. The summed E-state index contributed by atoms with van der Waals surface area (Å²) in [6, 6.07) is 10.1. The van der Waals surface area contributed by atoms with Crippen molar-refractivity contribution in [3.63, 3.8) is 0 Å². The van der Waals surface area contributed by atoms with Crippen molar-refractivity contribution in [3.8, 4) is 0 Å². The van der Waals surface area contributed by atoms with E-state index in [-0.39, 0.29) is 33.3 Å². The zero-order valence-corrected chi connectivity index (χ0v) is 27.9.